The molecule has 3 heterocycles. The molecule has 5 rings (SSSR count). The molecule has 0 saturated heterocycles. The van der Waals surface area contributed by atoms with Gasteiger partial charge in [0.05, 0.1) is 28.5 Å². The molecule has 0 spiro atoms. The van der Waals surface area contributed by atoms with E-state index in [1.165, 1.54) is 29.2 Å². The van der Waals surface area contributed by atoms with Crippen LogP contribution in [0.2, 0.25) is 5.02 Å². The lowest BCUT2D eigenvalue weighted by Crippen LogP contribution is -2.19. The van der Waals surface area contributed by atoms with Gasteiger partial charge in [-0.05, 0) is 37.5 Å². The summed E-state index contributed by atoms with van der Waals surface area (Å²) in [5.74, 6) is -1.36. The molecule has 1 saturated carbocycles. The number of hydrogen-bond donors (Lipinski definition) is 2. The van der Waals surface area contributed by atoms with Crippen molar-refractivity contribution in [2.75, 3.05) is 0 Å². The summed E-state index contributed by atoms with van der Waals surface area (Å²) in [5.41, 5.74) is 1.65. The summed E-state index contributed by atoms with van der Waals surface area (Å²) in [5, 5.41) is 17.8. The average molecular weight is 443 g/mol. The summed E-state index contributed by atoms with van der Waals surface area (Å²) >= 11 is 5.94. The highest BCUT2D eigenvalue weighted by Crippen LogP contribution is 2.42. The van der Waals surface area contributed by atoms with Crippen molar-refractivity contribution < 1.29 is 14.3 Å². The summed E-state index contributed by atoms with van der Waals surface area (Å²) in [7, 11) is 0. The number of nitrogens with zero attached hydrogens (tertiary/aromatic N) is 5. The Balaban J connectivity index is 1.67. The number of aromatic carboxylic acids is 1. The molecule has 0 unspecified atom stereocenters. The molecule has 0 bridgehead atoms. The van der Waals surface area contributed by atoms with Crippen molar-refractivity contribution in [3.05, 3.63) is 68.6 Å². The zero-order valence-corrected chi connectivity index (χ0v) is 17.0. The Morgan fingerprint density at radius 3 is 2.81 bits per heavy atom. The van der Waals surface area contributed by atoms with Crippen LogP contribution in [0, 0.1) is 5.82 Å². The van der Waals surface area contributed by atoms with Gasteiger partial charge in [0.1, 0.15) is 11.3 Å². The van der Waals surface area contributed by atoms with E-state index in [9.17, 15) is 14.0 Å². The van der Waals surface area contributed by atoms with Crippen molar-refractivity contribution in [2.45, 2.75) is 31.7 Å². The smallest absolute Gasteiger partial charge is 0.338 e. The van der Waals surface area contributed by atoms with Gasteiger partial charge in [-0.1, -0.05) is 17.7 Å². The molecule has 1 aromatic carbocycles. The highest BCUT2D eigenvalue weighted by Gasteiger charge is 2.32. The van der Waals surface area contributed by atoms with Crippen LogP contribution in [0.25, 0.3) is 17.0 Å². The van der Waals surface area contributed by atoms with E-state index >= 15 is 0 Å². The molecule has 9 nitrogen and oxygen atoms in total. The number of carboxylic acids is 1. The van der Waals surface area contributed by atoms with Gasteiger partial charge in [-0.2, -0.15) is 10.2 Å². The van der Waals surface area contributed by atoms with Crippen LogP contribution in [0.15, 0.2) is 35.4 Å². The maximum Gasteiger partial charge on any atom is 0.338 e. The summed E-state index contributed by atoms with van der Waals surface area (Å²) in [6.45, 7) is 1.84. The van der Waals surface area contributed by atoms with E-state index in [0.717, 1.165) is 12.8 Å². The first-order valence-electron chi connectivity index (χ1n) is 9.59. The van der Waals surface area contributed by atoms with Gasteiger partial charge in [0.2, 0.25) is 5.95 Å². The van der Waals surface area contributed by atoms with E-state index in [1.807, 2.05) is 6.92 Å². The maximum absolute atomic E-state index is 13.6. The summed E-state index contributed by atoms with van der Waals surface area (Å²) < 4.78 is 16.4. The van der Waals surface area contributed by atoms with Crippen molar-refractivity contribution in [3.63, 3.8) is 0 Å². The summed E-state index contributed by atoms with van der Waals surface area (Å²) in [6, 6.07) is 3.99. The lowest BCUT2D eigenvalue weighted by Gasteiger charge is -2.14. The van der Waals surface area contributed by atoms with E-state index in [2.05, 4.69) is 20.2 Å². The standard InChI is InChI=1S/C20H16ClFN6O3/c1-9(11-4-5-14(22)13(21)6-11)28-17-16(15(26-28)10-2-3-10)24-20(25-18(17)29)27-8-12(7-23-27)19(30)31/h4-10H,2-3H2,1H3,(H,30,31)(H,24,25,29)/t9-/m0/s1. The molecule has 1 fully saturated rings. The minimum Gasteiger partial charge on any atom is -0.478 e. The first-order chi connectivity index (χ1) is 14.8. The van der Waals surface area contributed by atoms with Gasteiger partial charge < -0.3 is 5.11 Å². The third-order valence-corrected chi connectivity index (χ3v) is 5.66. The Hall–Kier alpha value is -3.53. The predicted molar refractivity (Wildman–Crippen MR) is 109 cm³/mol. The fraction of sp³-hybridized carbons (Fsp3) is 0.250. The van der Waals surface area contributed by atoms with Gasteiger partial charge >= 0.3 is 5.97 Å². The Morgan fingerprint density at radius 2 is 2.16 bits per heavy atom. The monoisotopic (exact) mass is 442 g/mol. The number of carbonyl (C=O) groups is 1. The fourth-order valence-electron chi connectivity index (χ4n) is 3.54. The third-order valence-electron chi connectivity index (χ3n) is 5.37. The van der Waals surface area contributed by atoms with Crippen molar-refractivity contribution in [3.8, 4) is 5.95 Å². The minimum atomic E-state index is -1.13. The molecular weight excluding hydrogens is 427 g/mol. The van der Waals surface area contributed by atoms with Crippen LogP contribution in [-0.4, -0.2) is 40.6 Å². The zero-order valence-electron chi connectivity index (χ0n) is 16.2. The van der Waals surface area contributed by atoms with E-state index in [4.69, 9.17) is 16.7 Å². The number of H-pyrrole nitrogens is 1. The second-order valence-electron chi connectivity index (χ2n) is 7.52. The lowest BCUT2D eigenvalue weighted by molar-refractivity contribution is 0.0697. The predicted octanol–water partition coefficient (Wildman–Crippen LogP) is 3.28. The van der Waals surface area contributed by atoms with E-state index in [-0.39, 0.29) is 28.0 Å². The lowest BCUT2D eigenvalue weighted by atomic mass is 10.1. The second kappa shape index (κ2) is 7.02. The van der Waals surface area contributed by atoms with Crippen LogP contribution in [0.3, 0.4) is 0 Å². The number of aromatic nitrogens is 6. The van der Waals surface area contributed by atoms with Crippen LogP contribution in [0.4, 0.5) is 4.39 Å². The number of carboxylic acid groups (broad SMARTS) is 1. The molecule has 3 aromatic heterocycles. The molecule has 2 N–H and O–H groups in total. The van der Waals surface area contributed by atoms with Crippen LogP contribution < -0.4 is 5.56 Å². The van der Waals surface area contributed by atoms with Crippen LogP contribution >= 0.6 is 11.6 Å². The summed E-state index contributed by atoms with van der Waals surface area (Å²) in [6.07, 6.45) is 4.34. The number of rotatable bonds is 5. The molecule has 4 aromatic rings. The van der Waals surface area contributed by atoms with E-state index in [1.54, 1.807) is 10.7 Å². The van der Waals surface area contributed by atoms with E-state index < -0.39 is 23.4 Å². The molecule has 1 aliphatic carbocycles. The average Bonchev–Trinajstić information content (AvgIpc) is 3.31. The fourth-order valence-corrected chi connectivity index (χ4v) is 3.73. The molecule has 1 aliphatic rings. The second-order valence-corrected chi connectivity index (χ2v) is 7.93. The van der Waals surface area contributed by atoms with Crippen molar-refractivity contribution in [2.24, 2.45) is 0 Å². The van der Waals surface area contributed by atoms with Gasteiger partial charge in [-0.25, -0.2) is 18.9 Å². The third kappa shape index (κ3) is 3.28. The number of aromatic amines is 1. The zero-order chi connectivity index (χ0) is 21.9. The van der Waals surface area contributed by atoms with Crippen molar-refractivity contribution in [1.82, 2.24) is 29.5 Å². The molecule has 11 heteroatoms. The number of nitrogens with one attached hydrogen (secondary N) is 1. The number of halogens is 2. The number of benzene rings is 1. The topological polar surface area (TPSA) is 119 Å². The van der Waals surface area contributed by atoms with Crippen LogP contribution in [0.5, 0.6) is 0 Å². The van der Waals surface area contributed by atoms with Gasteiger partial charge in [0, 0.05) is 12.1 Å². The van der Waals surface area contributed by atoms with Crippen molar-refractivity contribution in [1.29, 1.82) is 0 Å². The normalized spacial score (nSPS) is 14.8. The number of fused-ring (bicyclic) bond motifs is 1. The molecule has 0 amide bonds. The first kappa shape index (κ1) is 19.4. The molecule has 0 radical (unpaired) electrons. The Labute approximate surface area is 179 Å². The molecule has 1 atom stereocenters. The first-order valence-corrected chi connectivity index (χ1v) is 9.97. The van der Waals surface area contributed by atoms with Gasteiger partial charge in [-0.3, -0.25) is 14.5 Å². The Morgan fingerprint density at radius 1 is 1.39 bits per heavy atom. The maximum atomic E-state index is 13.6. The number of hydrogen-bond acceptors (Lipinski definition) is 5. The molecule has 0 aliphatic heterocycles. The van der Waals surface area contributed by atoms with Gasteiger partial charge in [0.25, 0.3) is 5.56 Å². The summed E-state index contributed by atoms with van der Waals surface area (Å²) in [4.78, 5) is 31.4. The van der Waals surface area contributed by atoms with Gasteiger partial charge in [-0.15, -0.1) is 0 Å². The van der Waals surface area contributed by atoms with Crippen molar-refractivity contribution >= 4 is 28.6 Å². The Bertz CT molecular complexity index is 1400. The highest BCUT2D eigenvalue weighted by atomic mass is 35.5. The quantitative estimate of drug-likeness (QED) is 0.489. The largest absolute Gasteiger partial charge is 0.478 e. The van der Waals surface area contributed by atoms with Crippen LogP contribution in [0.1, 0.15) is 53.3 Å². The molecule has 158 valence electrons. The highest BCUT2D eigenvalue weighted by molar-refractivity contribution is 6.30. The van der Waals surface area contributed by atoms with Gasteiger partial charge in [0.15, 0.2) is 5.52 Å². The van der Waals surface area contributed by atoms with E-state index in [0.29, 0.717) is 16.8 Å². The van der Waals surface area contributed by atoms with Crippen LogP contribution in [-0.2, 0) is 0 Å². The minimum absolute atomic E-state index is 0.00883. The molecule has 31 heavy (non-hydrogen) atoms. The SMILES string of the molecule is C[C@@H](c1ccc(F)c(Cl)c1)n1nc(C2CC2)c2nc(-n3cc(C(=O)O)cn3)[nH]c(=O)c21. The molecular formula is C20H16ClFN6O3. The Kier molecular flexibility index (Phi) is 4.40.